The lowest BCUT2D eigenvalue weighted by atomic mass is 10.1. The number of fused-ring (bicyclic) bond motifs is 1. The average molecular weight is 488 g/mol. The minimum absolute atomic E-state index is 0.0938. The maximum absolute atomic E-state index is 12.9. The van der Waals surface area contributed by atoms with Gasteiger partial charge < -0.3 is 9.47 Å². The molecule has 4 aromatic rings. The highest BCUT2D eigenvalue weighted by Gasteiger charge is 2.23. The number of aromatic amines is 1. The van der Waals surface area contributed by atoms with Crippen LogP contribution in [-0.4, -0.2) is 39.0 Å². The molecule has 1 amide bonds. The monoisotopic (exact) mass is 487 g/mol. The number of carbonyl (C=O) groups is 1. The van der Waals surface area contributed by atoms with Crippen molar-refractivity contribution in [2.24, 2.45) is 0 Å². The third-order valence-electron chi connectivity index (χ3n) is 4.46. The molecule has 8 nitrogen and oxygen atoms in total. The Morgan fingerprint density at radius 2 is 2.07 bits per heavy atom. The number of ether oxygens (including phenoxy) is 2. The van der Waals surface area contributed by atoms with Crippen LogP contribution in [0, 0.1) is 6.92 Å². The highest BCUT2D eigenvalue weighted by molar-refractivity contribution is 9.09. The van der Waals surface area contributed by atoms with Gasteiger partial charge in [0.15, 0.2) is 5.75 Å². The number of thiophene rings is 1. The molecule has 0 radical (unpaired) electrons. The molecule has 0 aliphatic rings. The second kappa shape index (κ2) is 8.80. The second-order valence-corrected chi connectivity index (χ2v) is 8.30. The van der Waals surface area contributed by atoms with E-state index in [1.54, 1.807) is 7.11 Å². The molecule has 2 heterocycles. The predicted octanol–water partition coefficient (Wildman–Crippen LogP) is 4.71. The average Bonchev–Trinajstić information content (AvgIpc) is 3.37. The van der Waals surface area contributed by atoms with E-state index in [1.165, 1.54) is 16.9 Å². The van der Waals surface area contributed by atoms with E-state index in [-0.39, 0.29) is 11.9 Å². The van der Waals surface area contributed by atoms with Gasteiger partial charge in [0.2, 0.25) is 0 Å². The number of tetrazole rings is 1. The maximum Gasteiger partial charge on any atom is 0.272 e. The zero-order valence-corrected chi connectivity index (χ0v) is 18.6. The first-order chi connectivity index (χ1) is 14.6. The largest absolute Gasteiger partial charge is 0.496 e. The van der Waals surface area contributed by atoms with E-state index < -0.39 is 0 Å². The standard InChI is InChI=1S/C20H18BrN5O3S/c1-11-9-16-14(10-15(11)28-2)17(29-13-5-3-12(4-6-13)7-8-21)18(30-16)19(27)22-20-23-25-26-24-20/h3-6,9-10H,7-8H2,1-2H3,(H2,22,23,24,25,26,27). The number of anilines is 1. The van der Waals surface area contributed by atoms with Gasteiger partial charge in [0.1, 0.15) is 16.4 Å². The molecule has 2 aromatic heterocycles. The van der Waals surface area contributed by atoms with Crippen LogP contribution in [0.25, 0.3) is 10.1 Å². The fraction of sp³-hybridized carbons (Fsp3) is 0.200. The van der Waals surface area contributed by atoms with E-state index in [1.807, 2.05) is 43.3 Å². The predicted molar refractivity (Wildman–Crippen MR) is 119 cm³/mol. The lowest BCUT2D eigenvalue weighted by Gasteiger charge is -2.09. The zero-order valence-electron chi connectivity index (χ0n) is 16.2. The summed E-state index contributed by atoms with van der Waals surface area (Å²) >= 11 is 4.78. The Hall–Kier alpha value is -2.98. The van der Waals surface area contributed by atoms with Crippen molar-refractivity contribution >= 4 is 49.2 Å². The summed E-state index contributed by atoms with van der Waals surface area (Å²) in [6, 6.07) is 11.7. The number of H-pyrrole nitrogens is 1. The summed E-state index contributed by atoms with van der Waals surface area (Å²) in [6.45, 7) is 1.96. The number of halogens is 1. The van der Waals surface area contributed by atoms with Crippen molar-refractivity contribution in [1.82, 2.24) is 20.6 Å². The van der Waals surface area contributed by atoms with Gasteiger partial charge in [0, 0.05) is 15.4 Å². The van der Waals surface area contributed by atoms with Crippen LogP contribution in [0.15, 0.2) is 36.4 Å². The highest BCUT2D eigenvalue weighted by atomic mass is 79.9. The summed E-state index contributed by atoms with van der Waals surface area (Å²) in [5, 5.41) is 17.7. The van der Waals surface area contributed by atoms with Crippen molar-refractivity contribution in [3.63, 3.8) is 0 Å². The summed E-state index contributed by atoms with van der Waals surface area (Å²) in [5.41, 5.74) is 2.17. The molecule has 0 saturated carbocycles. The van der Waals surface area contributed by atoms with Gasteiger partial charge in [-0.05, 0) is 54.0 Å². The van der Waals surface area contributed by atoms with Gasteiger partial charge >= 0.3 is 0 Å². The molecule has 154 valence electrons. The quantitative estimate of drug-likeness (QED) is 0.366. The van der Waals surface area contributed by atoms with Crippen LogP contribution in [-0.2, 0) is 6.42 Å². The van der Waals surface area contributed by atoms with Crippen molar-refractivity contribution in [3.8, 4) is 17.2 Å². The van der Waals surface area contributed by atoms with Crippen LogP contribution >= 0.6 is 27.3 Å². The van der Waals surface area contributed by atoms with Crippen LogP contribution in [0.3, 0.4) is 0 Å². The molecule has 0 bridgehead atoms. The van der Waals surface area contributed by atoms with E-state index in [0.29, 0.717) is 16.4 Å². The first-order valence-corrected chi connectivity index (χ1v) is 11.0. The van der Waals surface area contributed by atoms with Crippen LogP contribution in [0.5, 0.6) is 17.2 Å². The van der Waals surface area contributed by atoms with Crippen molar-refractivity contribution < 1.29 is 14.3 Å². The highest BCUT2D eigenvalue weighted by Crippen LogP contribution is 2.43. The van der Waals surface area contributed by atoms with Gasteiger partial charge in [-0.2, -0.15) is 5.21 Å². The van der Waals surface area contributed by atoms with Gasteiger partial charge in [-0.1, -0.05) is 33.2 Å². The van der Waals surface area contributed by atoms with Gasteiger partial charge in [-0.15, -0.1) is 16.4 Å². The molecule has 4 rings (SSSR count). The Kier molecular flexibility index (Phi) is 5.96. The normalized spacial score (nSPS) is 10.9. The second-order valence-electron chi connectivity index (χ2n) is 6.45. The Bertz CT molecular complexity index is 1180. The number of amides is 1. The number of nitrogens with zero attached hydrogens (tertiary/aromatic N) is 3. The lowest BCUT2D eigenvalue weighted by Crippen LogP contribution is -2.12. The fourth-order valence-corrected chi connectivity index (χ4v) is 4.56. The molecule has 2 N–H and O–H groups in total. The van der Waals surface area contributed by atoms with E-state index in [9.17, 15) is 4.79 Å². The molecule has 0 spiro atoms. The summed E-state index contributed by atoms with van der Waals surface area (Å²) < 4.78 is 12.6. The molecule has 10 heteroatoms. The number of aryl methyl sites for hydroxylation is 2. The van der Waals surface area contributed by atoms with Crippen LogP contribution < -0.4 is 14.8 Å². The number of hydrogen-bond donors (Lipinski definition) is 2. The number of rotatable bonds is 7. The van der Waals surface area contributed by atoms with Crippen molar-refractivity contribution in [3.05, 3.63) is 52.4 Å². The number of methoxy groups -OCH3 is 1. The molecular formula is C20H18BrN5O3S. The summed E-state index contributed by atoms with van der Waals surface area (Å²) in [6.07, 6.45) is 0.927. The summed E-state index contributed by atoms with van der Waals surface area (Å²) in [7, 11) is 1.62. The lowest BCUT2D eigenvalue weighted by molar-refractivity contribution is 0.102. The first-order valence-electron chi connectivity index (χ1n) is 9.07. The minimum Gasteiger partial charge on any atom is -0.496 e. The van der Waals surface area contributed by atoms with Crippen molar-refractivity contribution in [1.29, 1.82) is 0 Å². The van der Waals surface area contributed by atoms with Crippen molar-refractivity contribution in [2.75, 3.05) is 17.8 Å². The zero-order chi connectivity index (χ0) is 21.1. The van der Waals surface area contributed by atoms with Crippen molar-refractivity contribution in [2.45, 2.75) is 13.3 Å². The smallest absolute Gasteiger partial charge is 0.272 e. The molecule has 0 fully saturated rings. The molecule has 30 heavy (non-hydrogen) atoms. The van der Waals surface area contributed by atoms with Gasteiger partial charge in [-0.25, -0.2) is 0 Å². The number of hydrogen-bond acceptors (Lipinski definition) is 7. The Balaban J connectivity index is 1.76. The number of aromatic nitrogens is 4. The molecule has 0 aliphatic carbocycles. The number of alkyl halides is 1. The Labute approximate surface area is 184 Å². The number of nitrogens with one attached hydrogen (secondary N) is 2. The summed E-state index contributed by atoms with van der Waals surface area (Å²) in [4.78, 5) is 13.3. The van der Waals surface area contributed by atoms with E-state index in [0.717, 1.165) is 33.2 Å². The third-order valence-corrected chi connectivity index (χ3v) is 5.99. The van der Waals surface area contributed by atoms with Gasteiger partial charge in [-0.3, -0.25) is 10.1 Å². The Morgan fingerprint density at radius 1 is 1.27 bits per heavy atom. The Morgan fingerprint density at radius 3 is 2.73 bits per heavy atom. The molecule has 2 aromatic carbocycles. The van der Waals surface area contributed by atoms with E-state index in [4.69, 9.17) is 9.47 Å². The topological polar surface area (TPSA) is 102 Å². The van der Waals surface area contributed by atoms with Gasteiger partial charge in [0.25, 0.3) is 11.9 Å². The first kappa shape index (κ1) is 20.3. The number of benzene rings is 2. The molecule has 0 aliphatic heterocycles. The minimum atomic E-state index is -0.375. The fourth-order valence-electron chi connectivity index (χ4n) is 3.00. The SMILES string of the molecule is COc1cc2c(Oc3ccc(CCBr)cc3)c(C(=O)Nc3nn[nH]n3)sc2cc1C. The van der Waals surface area contributed by atoms with E-state index >= 15 is 0 Å². The molecule has 0 saturated heterocycles. The molecule has 0 atom stereocenters. The van der Waals surface area contributed by atoms with Crippen LogP contribution in [0.4, 0.5) is 5.95 Å². The molecular weight excluding hydrogens is 470 g/mol. The maximum atomic E-state index is 12.9. The van der Waals surface area contributed by atoms with E-state index in [2.05, 4.69) is 41.9 Å². The summed E-state index contributed by atoms with van der Waals surface area (Å²) in [5.74, 6) is 1.54. The van der Waals surface area contributed by atoms with Crippen LogP contribution in [0.2, 0.25) is 0 Å². The third kappa shape index (κ3) is 4.14. The van der Waals surface area contributed by atoms with Crippen LogP contribution in [0.1, 0.15) is 20.8 Å². The molecule has 0 unspecified atom stereocenters. The van der Waals surface area contributed by atoms with Gasteiger partial charge in [0.05, 0.1) is 7.11 Å². The number of carbonyl (C=O) groups excluding carboxylic acids is 1.